The summed E-state index contributed by atoms with van der Waals surface area (Å²) in [5.74, 6) is 1.58. The Hall–Kier alpha value is -3.38. The zero-order chi connectivity index (χ0) is 27.7. The number of hydrogen-bond acceptors (Lipinski definition) is 7. The molecule has 3 heterocycles. The molecule has 41 heavy (non-hydrogen) atoms. The molecule has 8 nitrogen and oxygen atoms in total. The molecule has 0 bridgehead atoms. The number of hydrogen-bond donors (Lipinski definition) is 0. The Morgan fingerprint density at radius 1 is 0.805 bits per heavy atom. The maximum atomic E-state index is 12.9. The van der Waals surface area contributed by atoms with Crippen LogP contribution >= 0.6 is 11.3 Å². The molecule has 0 N–H and O–H groups in total. The van der Waals surface area contributed by atoms with Gasteiger partial charge < -0.3 is 26.5 Å². The van der Waals surface area contributed by atoms with Crippen LogP contribution in [0.1, 0.15) is 30.4 Å². The second-order valence-electron chi connectivity index (χ2n) is 9.59. The molecular weight excluding hydrogens is 624 g/mol. The largest absolute Gasteiger partial charge is 1.00 e. The molecule has 2 aliphatic heterocycles. The third kappa shape index (κ3) is 5.85. The Morgan fingerprint density at radius 2 is 1.37 bits per heavy atom. The summed E-state index contributed by atoms with van der Waals surface area (Å²) in [4.78, 5) is 5.23. The molecule has 4 aromatic rings. The van der Waals surface area contributed by atoms with Crippen LogP contribution in [0.5, 0.6) is 11.5 Å². The monoisotopic (exact) mass is 652 g/mol. The predicted molar refractivity (Wildman–Crippen MR) is 157 cm³/mol. The SMILES string of the molecule is COc1ccc(C2=N[N+](c3nc(-c4ccc(S(=O)(=O)N5CCCC5)cc4)cs3)=C(c3ccc(OC)cc3)C2)cc1.[Br-]. The summed E-state index contributed by atoms with van der Waals surface area (Å²) >= 11 is 1.50. The highest BCUT2D eigenvalue weighted by atomic mass is 79.9. The van der Waals surface area contributed by atoms with Crippen molar-refractivity contribution in [1.29, 1.82) is 0 Å². The number of hydrazone groups is 1. The maximum absolute atomic E-state index is 12.9. The van der Waals surface area contributed by atoms with Gasteiger partial charge in [-0.3, -0.25) is 0 Å². The van der Waals surface area contributed by atoms with Gasteiger partial charge in [0.2, 0.25) is 10.0 Å². The topological polar surface area (TPSA) is 84.1 Å². The van der Waals surface area contributed by atoms with Crippen molar-refractivity contribution in [3.05, 3.63) is 89.3 Å². The lowest BCUT2D eigenvalue weighted by Crippen LogP contribution is -3.00. The van der Waals surface area contributed by atoms with Gasteiger partial charge in [-0.05, 0) is 102 Å². The molecule has 2 aliphatic rings. The van der Waals surface area contributed by atoms with Crippen molar-refractivity contribution in [3.63, 3.8) is 0 Å². The normalized spacial score (nSPS) is 15.5. The summed E-state index contributed by atoms with van der Waals surface area (Å²) < 4.78 is 40.0. The van der Waals surface area contributed by atoms with Crippen molar-refractivity contribution in [2.45, 2.75) is 24.2 Å². The molecule has 0 radical (unpaired) electrons. The Bertz CT molecular complexity index is 1690. The molecule has 0 aliphatic carbocycles. The van der Waals surface area contributed by atoms with Crippen LogP contribution in [-0.4, -0.2) is 61.1 Å². The highest BCUT2D eigenvalue weighted by Gasteiger charge is 2.31. The van der Waals surface area contributed by atoms with Gasteiger partial charge in [-0.25, -0.2) is 8.42 Å². The smallest absolute Gasteiger partial charge is 0.408 e. The molecule has 6 rings (SSSR count). The van der Waals surface area contributed by atoms with Crippen LogP contribution in [0, 0.1) is 0 Å². The molecule has 0 saturated carbocycles. The van der Waals surface area contributed by atoms with E-state index in [0.717, 1.165) is 63.3 Å². The first-order chi connectivity index (χ1) is 19.5. The van der Waals surface area contributed by atoms with Gasteiger partial charge in [0.25, 0.3) is 0 Å². The average molecular weight is 654 g/mol. The third-order valence-corrected chi connectivity index (χ3v) is 9.91. The number of methoxy groups -OCH3 is 2. The van der Waals surface area contributed by atoms with Crippen LogP contribution < -0.4 is 26.5 Å². The molecule has 0 spiro atoms. The Labute approximate surface area is 254 Å². The van der Waals surface area contributed by atoms with Crippen molar-refractivity contribution in [3.8, 4) is 22.8 Å². The average Bonchev–Trinajstić information content (AvgIpc) is 3.79. The fraction of sp³-hybridized carbons (Fsp3) is 0.233. The lowest BCUT2D eigenvalue weighted by atomic mass is 10.0. The van der Waals surface area contributed by atoms with Crippen molar-refractivity contribution in [2.75, 3.05) is 27.3 Å². The molecule has 1 fully saturated rings. The van der Waals surface area contributed by atoms with E-state index in [1.165, 1.54) is 11.3 Å². The summed E-state index contributed by atoms with van der Waals surface area (Å²) in [6, 6.07) is 22.8. The van der Waals surface area contributed by atoms with Gasteiger partial charge >= 0.3 is 5.13 Å². The van der Waals surface area contributed by atoms with Crippen LogP contribution in [0.2, 0.25) is 0 Å². The van der Waals surface area contributed by atoms with E-state index in [4.69, 9.17) is 19.6 Å². The number of thiazole rings is 1. The molecular formula is C30H29BrN4O4S2. The first kappa shape index (κ1) is 29.1. The van der Waals surface area contributed by atoms with Crippen LogP contribution in [0.25, 0.3) is 11.3 Å². The number of aromatic nitrogens is 1. The summed E-state index contributed by atoms with van der Waals surface area (Å²) in [6.07, 6.45) is 2.46. The fourth-order valence-electron chi connectivity index (χ4n) is 4.93. The third-order valence-electron chi connectivity index (χ3n) is 7.18. The van der Waals surface area contributed by atoms with Crippen LogP contribution in [0.4, 0.5) is 5.13 Å². The Balaban J connectivity index is 0.00000337. The Kier molecular flexibility index (Phi) is 8.69. The Morgan fingerprint density at radius 3 is 1.95 bits per heavy atom. The number of nitrogens with zero attached hydrogens (tertiary/aromatic N) is 4. The number of sulfonamides is 1. The maximum Gasteiger partial charge on any atom is 0.408 e. The highest BCUT2D eigenvalue weighted by Crippen LogP contribution is 2.32. The number of ether oxygens (including phenoxy) is 2. The summed E-state index contributed by atoms with van der Waals surface area (Å²) in [5.41, 5.74) is 5.62. The van der Waals surface area contributed by atoms with Gasteiger partial charge in [0, 0.05) is 29.8 Å². The minimum absolute atomic E-state index is 0. The van der Waals surface area contributed by atoms with Gasteiger partial charge in [-0.2, -0.15) is 4.31 Å². The van der Waals surface area contributed by atoms with Gasteiger partial charge in [0.15, 0.2) is 5.69 Å². The van der Waals surface area contributed by atoms with Crippen molar-refractivity contribution in [1.82, 2.24) is 9.29 Å². The summed E-state index contributed by atoms with van der Waals surface area (Å²) in [6.45, 7) is 1.17. The van der Waals surface area contributed by atoms with E-state index in [1.54, 1.807) is 30.7 Å². The van der Waals surface area contributed by atoms with Crippen LogP contribution in [0.15, 0.2) is 88.2 Å². The zero-order valence-electron chi connectivity index (χ0n) is 22.7. The van der Waals surface area contributed by atoms with E-state index in [2.05, 4.69) is 0 Å². The van der Waals surface area contributed by atoms with E-state index >= 15 is 0 Å². The number of benzene rings is 3. The number of halogens is 1. The van der Waals surface area contributed by atoms with Gasteiger partial charge in [0.05, 0.1) is 36.6 Å². The van der Waals surface area contributed by atoms with E-state index in [9.17, 15) is 8.42 Å². The van der Waals surface area contributed by atoms with Gasteiger partial charge in [0.1, 0.15) is 17.2 Å². The van der Waals surface area contributed by atoms with Gasteiger partial charge in [-0.15, -0.1) is 0 Å². The molecule has 0 atom stereocenters. The van der Waals surface area contributed by atoms with E-state index in [0.29, 0.717) is 24.4 Å². The van der Waals surface area contributed by atoms with E-state index in [1.807, 2.05) is 70.7 Å². The quantitative estimate of drug-likeness (QED) is 0.273. The molecule has 0 unspecified atom stereocenters. The lowest BCUT2D eigenvalue weighted by molar-refractivity contribution is -0.441. The van der Waals surface area contributed by atoms with Gasteiger partial charge in [-0.1, -0.05) is 9.79 Å². The molecule has 212 valence electrons. The van der Waals surface area contributed by atoms with E-state index < -0.39 is 10.0 Å². The first-order valence-electron chi connectivity index (χ1n) is 13.0. The molecule has 3 aromatic carbocycles. The van der Waals surface area contributed by atoms with Crippen molar-refractivity contribution >= 4 is 37.9 Å². The van der Waals surface area contributed by atoms with Crippen LogP contribution in [0.3, 0.4) is 0 Å². The second kappa shape index (κ2) is 12.2. The first-order valence-corrected chi connectivity index (χ1v) is 15.4. The number of rotatable bonds is 8. The minimum atomic E-state index is -3.46. The lowest BCUT2D eigenvalue weighted by Gasteiger charge is -2.15. The standard InChI is InChI=1S/C30H29N4O4S2.BrH/c1-37-24-11-5-21(6-12-24)27-19-29(23-7-13-25(38-2)14-8-23)34(32-27)30-31-28(20-39-30)22-9-15-26(16-10-22)40(35,36)33-17-3-4-18-33;/h5-16,20H,3-4,17-19H2,1-2H3;1H/q+1;/p-1. The van der Waals surface area contributed by atoms with E-state index in [-0.39, 0.29) is 17.0 Å². The van der Waals surface area contributed by atoms with Crippen molar-refractivity contribution < 1.29 is 39.6 Å². The van der Waals surface area contributed by atoms with Crippen molar-refractivity contribution in [2.24, 2.45) is 5.10 Å². The predicted octanol–water partition coefficient (Wildman–Crippen LogP) is 2.56. The van der Waals surface area contributed by atoms with Crippen LogP contribution in [-0.2, 0) is 10.0 Å². The highest BCUT2D eigenvalue weighted by molar-refractivity contribution is 7.89. The summed E-state index contributed by atoms with van der Waals surface area (Å²) in [7, 11) is -0.151. The molecule has 11 heteroatoms. The molecule has 1 aromatic heterocycles. The molecule has 0 amide bonds. The fourth-order valence-corrected chi connectivity index (χ4v) is 7.25. The summed E-state index contributed by atoms with van der Waals surface area (Å²) in [5, 5.41) is 7.70. The zero-order valence-corrected chi connectivity index (χ0v) is 25.9. The molecule has 1 saturated heterocycles. The minimum Gasteiger partial charge on any atom is -1.00 e. The second-order valence-corrected chi connectivity index (χ2v) is 12.4.